The molecule has 1 heterocycles. The van der Waals surface area contributed by atoms with E-state index < -0.39 is 0 Å². The first-order valence-electron chi connectivity index (χ1n) is 11.6. The Morgan fingerprint density at radius 2 is 1.96 bits per heavy atom. The van der Waals surface area contributed by atoms with Crippen LogP contribution in [0.3, 0.4) is 0 Å². The summed E-state index contributed by atoms with van der Waals surface area (Å²) in [6.07, 6.45) is 17.3. The number of aliphatic hydroxyl groups excluding tert-OH is 1. The van der Waals surface area contributed by atoms with E-state index in [4.69, 9.17) is 14.6 Å². The Balaban J connectivity index is 1.27. The topological polar surface area (TPSA) is 42.0 Å². The molecule has 0 aromatic rings. The molecule has 1 saturated heterocycles. The molecule has 148 valence electrons. The number of ether oxygens (including phenoxy) is 2. The average molecular weight is 363 g/mol. The number of aliphatic hydroxyl groups is 1. The molecule has 5 rings (SSSR count). The van der Waals surface area contributed by atoms with Gasteiger partial charge in [-0.15, -0.1) is 0 Å². The van der Waals surface area contributed by atoms with Crippen molar-refractivity contribution >= 4 is 0 Å². The van der Waals surface area contributed by atoms with Gasteiger partial charge < -0.3 is 14.6 Å². The lowest BCUT2D eigenvalue weighted by atomic mass is 9.47. The molecular formula is C23H38O3. The maximum absolute atomic E-state index is 8.75. The van der Waals surface area contributed by atoms with Gasteiger partial charge in [0.1, 0.15) is 12.4 Å². The van der Waals surface area contributed by atoms with Crippen molar-refractivity contribution in [2.24, 2.45) is 35.0 Å². The lowest BCUT2D eigenvalue weighted by Crippen LogP contribution is -2.52. The quantitative estimate of drug-likeness (QED) is 0.414. The van der Waals surface area contributed by atoms with Crippen molar-refractivity contribution in [1.29, 1.82) is 0 Å². The first-order valence-corrected chi connectivity index (χ1v) is 11.6. The molecule has 1 aliphatic heterocycles. The summed E-state index contributed by atoms with van der Waals surface area (Å²) in [5, 5.41) is 8.75. The second-order valence-electron chi connectivity index (χ2n) is 10.4. The maximum atomic E-state index is 8.75. The standard InChI is InChI=1S/C23H38O3/c1-22-12-4-2-6-16(22)8-10-18-19-11-9-17(7-3-5-13-25-15-24)23(19)21(26-23)14-20(18)22/h16-21,24H,2-15H2,1H3/t16?,17?,18?,19-,20-,21-,22?,23?/m0/s1. The molecular weight excluding hydrogens is 324 g/mol. The number of rotatable bonds is 6. The Kier molecular flexibility index (Phi) is 4.65. The highest BCUT2D eigenvalue weighted by molar-refractivity contribution is 5.22. The first-order chi connectivity index (χ1) is 12.7. The SMILES string of the molecule is CC12CCCCC1CCC1[C@@H]2C[C@@H]2OC23C(CCCCOCO)CC[C@@H]13. The second-order valence-corrected chi connectivity index (χ2v) is 10.4. The van der Waals surface area contributed by atoms with Crippen LogP contribution in [-0.4, -0.2) is 30.2 Å². The minimum atomic E-state index is -0.135. The van der Waals surface area contributed by atoms with Gasteiger partial charge >= 0.3 is 0 Å². The molecule has 1 spiro atoms. The molecule has 1 N–H and O–H groups in total. The third-order valence-corrected chi connectivity index (χ3v) is 9.67. The molecule has 5 unspecified atom stereocenters. The molecule has 4 saturated carbocycles. The zero-order chi connectivity index (χ0) is 17.8. The number of fused-ring (bicyclic) bond motifs is 4. The largest absolute Gasteiger partial charge is 0.371 e. The lowest BCUT2D eigenvalue weighted by Gasteiger charge is -2.57. The van der Waals surface area contributed by atoms with Crippen molar-refractivity contribution in [3.05, 3.63) is 0 Å². The molecule has 0 amide bonds. The smallest absolute Gasteiger partial charge is 0.143 e. The van der Waals surface area contributed by atoms with E-state index in [0.29, 0.717) is 18.1 Å². The Morgan fingerprint density at radius 1 is 1.04 bits per heavy atom. The van der Waals surface area contributed by atoms with Crippen LogP contribution in [-0.2, 0) is 9.47 Å². The molecule has 3 heteroatoms. The predicted molar refractivity (Wildman–Crippen MR) is 102 cm³/mol. The fourth-order valence-corrected chi connectivity index (χ4v) is 8.48. The highest BCUT2D eigenvalue weighted by atomic mass is 16.6. The summed E-state index contributed by atoms with van der Waals surface area (Å²) >= 11 is 0. The van der Waals surface area contributed by atoms with Crippen molar-refractivity contribution in [2.45, 2.75) is 95.7 Å². The summed E-state index contributed by atoms with van der Waals surface area (Å²) in [6, 6.07) is 0. The predicted octanol–water partition coefficient (Wildman–Crippen LogP) is 4.91. The van der Waals surface area contributed by atoms with Crippen LogP contribution in [0.1, 0.15) is 84.0 Å². The molecule has 5 fully saturated rings. The maximum Gasteiger partial charge on any atom is 0.143 e. The summed E-state index contributed by atoms with van der Waals surface area (Å²) in [6.45, 7) is 3.23. The van der Waals surface area contributed by atoms with Crippen molar-refractivity contribution in [3.8, 4) is 0 Å². The van der Waals surface area contributed by atoms with E-state index in [1.165, 1.54) is 70.6 Å². The van der Waals surface area contributed by atoms with E-state index in [1.54, 1.807) is 0 Å². The summed E-state index contributed by atoms with van der Waals surface area (Å²) < 4.78 is 11.7. The number of hydrogen-bond donors (Lipinski definition) is 1. The Bertz CT molecular complexity index is 522. The zero-order valence-corrected chi connectivity index (χ0v) is 16.6. The minimum absolute atomic E-state index is 0.135. The van der Waals surface area contributed by atoms with Gasteiger partial charge in [-0.25, -0.2) is 0 Å². The van der Waals surface area contributed by atoms with E-state index in [-0.39, 0.29) is 12.4 Å². The highest BCUT2D eigenvalue weighted by Crippen LogP contribution is 2.71. The van der Waals surface area contributed by atoms with Crippen molar-refractivity contribution < 1.29 is 14.6 Å². The van der Waals surface area contributed by atoms with Crippen LogP contribution in [0.25, 0.3) is 0 Å². The van der Waals surface area contributed by atoms with Gasteiger partial charge in [0.05, 0.1) is 6.10 Å². The van der Waals surface area contributed by atoms with Crippen LogP contribution in [0.4, 0.5) is 0 Å². The first kappa shape index (κ1) is 17.9. The van der Waals surface area contributed by atoms with Crippen LogP contribution in [0.5, 0.6) is 0 Å². The molecule has 0 bridgehead atoms. The number of unbranched alkanes of at least 4 members (excludes halogenated alkanes) is 1. The third-order valence-electron chi connectivity index (χ3n) is 9.67. The molecule has 26 heavy (non-hydrogen) atoms. The molecule has 0 aromatic heterocycles. The monoisotopic (exact) mass is 362 g/mol. The zero-order valence-electron chi connectivity index (χ0n) is 16.6. The summed E-state index contributed by atoms with van der Waals surface area (Å²) in [5.74, 6) is 4.57. The third kappa shape index (κ3) is 2.56. The van der Waals surface area contributed by atoms with Crippen LogP contribution in [0.2, 0.25) is 0 Å². The molecule has 3 nitrogen and oxygen atoms in total. The number of hydrogen-bond acceptors (Lipinski definition) is 3. The summed E-state index contributed by atoms with van der Waals surface area (Å²) in [7, 11) is 0. The highest BCUT2D eigenvalue weighted by Gasteiger charge is 2.74. The molecule has 0 radical (unpaired) electrons. The fraction of sp³-hybridized carbons (Fsp3) is 1.00. The van der Waals surface area contributed by atoms with Gasteiger partial charge in [-0.3, -0.25) is 0 Å². The van der Waals surface area contributed by atoms with Crippen LogP contribution in [0, 0.1) is 35.0 Å². The van der Waals surface area contributed by atoms with Crippen molar-refractivity contribution in [2.75, 3.05) is 13.4 Å². The summed E-state index contributed by atoms with van der Waals surface area (Å²) in [5.41, 5.74) is 0.913. The van der Waals surface area contributed by atoms with Gasteiger partial charge in [0.15, 0.2) is 0 Å². The molecule has 5 aliphatic rings. The lowest BCUT2D eigenvalue weighted by molar-refractivity contribution is -0.0742. The molecule has 8 atom stereocenters. The Hall–Kier alpha value is -0.120. The second kappa shape index (κ2) is 6.74. The minimum Gasteiger partial charge on any atom is -0.371 e. The average Bonchev–Trinajstić information content (AvgIpc) is 3.27. The summed E-state index contributed by atoms with van der Waals surface area (Å²) in [4.78, 5) is 0. The van der Waals surface area contributed by atoms with Gasteiger partial charge in [0.2, 0.25) is 0 Å². The van der Waals surface area contributed by atoms with Gasteiger partial charge in [0.25, 0.3) is 0 Å². The Morgan fingerprint density at radius 3 is 2.85 bits per heavy atom. The normalized spacial score (nSPS) is 51.9. The molecule has 0 aromatic carbocycles. The van der Waals surface area contributed by atoms with E-state index in [9.17, 15) is 0 Å². The number of epoxide rings is 1. The Labute approximate surface area is 159 Å². The van der Waals surface area contributed by atoms with Gasteiger partial charge in [-0.05, 0) is 92.8 Å². The van der Waals surface area contributed by atoms with Gasteiger partial charge in [0, 0.05) is 6.61 Å². The van der Waals surface area contributed by atoms with E-state index in [2.05, 4.69) is 6.92 Å². The van der Waals surface area contributed by atoms with Crippen LogP contribution >= 0.6 is 0 Å². The van der Waals surface area contributed by atoms with E-state index in [1.807, 2.05) is 0 Å². The van der Waals surface area contributed by atoms with Crippen LogP contribution in [0.15, 0.2) is 0 Å². The van der Waals surface area contributed by atoms with Crippen molar-refractivity contribution in [3.63, 3.8) is 0 Å². The van der Waals surface area contributed by atoms with Crippen LogP contribution < -0.4 is 0 Å². The fourth-order valence-electron chi connectivity index (χ4n) is 8.48. The van der Waals surface area contributed by atoms with E-state index in [0.717, 1.165) is 36.0 Å². The molecule has 4 aliphatic carbocycles. The van der Waals surface area contributed by atoms with E-state index >= 15 is 0 Å². The van der Waals surface area contributed by atoms with Gasteiger partial charge in [-0.1, -0.05) is 26.2 Å². The van der Waals surface area contributed by atoms with Crippen molar-refractivity contribution in [1.82, 2.24) is 0 Å². The van der Waals surface area contributed by atoms with Gasteiger partial charge in [-0.2, -0.15) is 0 Å².